The lowest BCUT2D eigenvalue weighted by Crippen LogP contribution is -2.14. The Morgan fingerprint density at radius 3 is 2.96 bits per heavy atom. The number of carbonyl (C=O) groups excluding carboxylic acids is 1. The van der Waals surface area contributed by atoms with Crippen molar-refractivity contribution in [3.05, 3.63) is 52.9 Å². The lowest BCUT2D eigenvalue weighted by molar-refractivity contribution is -0.113. The smallest absolute Gasteiger partial charge is 0.237 e. The van der Waals surface area contributed by atoms with Crippen LogP contribution < -0.4 is 5.32 Å². The topological polar surface area (TPSA) is 73.0 Å². The summed E-state index contributed by atoms with van der Waals surface area (Å²) >= 11 is 7.54. The number of thioether (sulfide) groups is 1. The van der Waals surface area contributed by atoms with Crippen LogP contribution in [0.15, 0.2) is 46.3 Å². The Balaban J connectivity index is 1.66. The van der Waals surface area contributed by atoms with Crippen molar-refractivity contribution in [2.45, 2.75) is 31.8 Å². The third kappa shape index (κ3) is 4.11. The van der Waals surface area contributed by atoms with Gasteiger partial charge in [0.1, 0.15) is 0 Å². The molecule has 0 bridgehead atoms. The molecule has 2 aromatic heterocycles. The number of imidazole rings is 1. The molecule has 2 heterocycles. The van der Waals surface area contributed by atoms with E-state index in [9.17, 15) is 4.79 Å². The number of nitrogens with zero attached hydrogens (tertiary/aromatic N) is 3. The molecule has 3 aromatic rings. The van der Waals surface area contributed by atoms with Crippen molar-refractivity contribution in [3.63, 3.8) is 0 Å². The SMILES string of the molecule is Cc1c(Cl)cccc1-n1ccnc1SCC(=O)Nc1cc(C(C)C)no1. The highest BCUT2D eigenvalue weighted by Gasteiger charge is 2.14. The second-order valence-electron chi connectivity index (χ2n) is 6.07. The highest BCUT2D eigenvalue weighted by molar-refractivity contribution is 7.99. The minimum atomic E-state index is -0.182. The van der Waals surface area contributed by atoms with E-state index < -0.39 is 0 Å². The van der Waals surface area contributed by atoms with Gasteiger partial charge in [-0.3, -0.25) is 14.7 Å². The van der Waals surface area contributed by atoms with E-state index in [2.05, 4.69) is 15.5 Å². The fraction of sp³-hybridized carbons (Fsp3) is 0.278. The van der Waals surface area contributed by atoms with Crippen LogP contribution in [0.25, 0.3) is 5.69 Å². The van der Waals surface area contributed by atoms with Crippen LogP contribution in [0.3, 0.4) is 0 Å². The van der Waals surface area contributed by atoms with Gasteiger partial charge in [-0.05, 0) is 30.5 Å². The molecule has 8 heteroatoms. The van der Waals surface area contributed by atoms with Gasteiger partial charge in [0.25, 0.3) is 0 Å². The summed E-state index contributed by atoms with van der Waals surface area (Å²) in [6.07, 6.45) is 3.55. The fourth-order valence-corrected chi connectivity index (χ4v) is 3.30. The number of aromatic nitrogens is 3. The van der Waals surface area contributed by atoms with Gasteiger partial charge in [-0.1, -0.05) is 48.4 Å². The van der Waals surface area contributed by atoms with Crippen LogP contribution in [0.4, 0.5) is 5.88 Å². The largest absolute Gasteiger partial charge is 0.338 e. The Morgan fingerprint density at radius 1 is 1.42 bits per heavy atom. The van der Waals surface area contributed by atoms with E-state index in [1.807, 2.05) is 49.7 Å². The van der Waals surface area contributed by atoms with Gasteiger partial charge in [-0.15, -0.1) is 0 Å². The van der Waals surface area contributed by atoms with Gasteiger partial charge in [0.15, 0.2) is 5.16 Å². The molecule has 0 aliphatic heterocycles. The maximum absolute atomic E-state index is 12.2. The fourth-order valence-electron chi connectivity index (χ4n) is 2.36. The second-order valence-corrected chi connectivity index (χ2v) is 7.42. The molecule has 0 radical (unpaired) electrons. The number of anilines is 1. The van der Waals surface area contributed by atoms with E-state index in [4.69, 9.17) is 16.1 Å². The Bertz CT molecular complexity index is 920. The highest BCUT2D eigenvalue weighted by Crippen LogP contribution is 2.26. The Kier molecular flexibility index (Phi) is 5.68. The molecule has 0 spiro atoms. The lowest BCUT2D eigenvalue weighted by Gasteiger charge is -2.11. The predicted molar refractivity (Wildman–Crippen MR) is 103 cm³/mol. The Hall–Kier alpha value is -2.25. The number of amides is 1. The van der Waals surface area contributed by atoms with Crippen LogP contribution in [0, 0.1) is 6.92 Å². The first-order chi connectivity index (χ1) is 12.5. The maximum atomic E-state index is 12.2. The number of rotatable bonds is 6. The normalized spacial score (nSPS) is 11.1. The van der Waals surface area contributed by atoms with E-state index in [0.717, 1.165) is 16.9 Å². The Labute approximate surface area is 160 Å². The number of nitrogens with one attached hydrogen (secondary N) is 1. The van der Waals surface area contributed by atoms with Crippen molar-refractivity contribution < 1.29 is 9.32 Å². The first-order valence-corrected chi connectivity index (χ1v) is 9.50. The highest BCUT2D eigenvalue weighted by atomic mass is 35.5. The number of hydrogen-bond donors (Lipinski definition) is 1. The lowest BCUT2D eigenvalue weighted by atomic mass is 10.1. The molecular formula is C18H19ClN4O2S. The maximum Gasteiger partial charge on any atom is 0.237 e. The number of carbonyl (C=O) groups is 1. The van der Waals surface area contributed by atoms with Gasteiger partial charge in [0.05, 0.1) is 17.1 Å². The molecule has 0 saturated carbocycles. The monoisotopic (exact) mass is 390 g/mol. The zero-order valence-corrected chi connectivity index (χ0v) is 16.3. The predicted octanol–water partition coefficient (Wildman–Crippen LogP) is 4.68. The standard InChI is InChI=1S/C18H19ClN4O2S/c1-11(2)14-9-17(25-22-14)21-16(24)10-26-18-20-7-8-23(18)15-6-4-5-13(19)12(15)3/h4-9,11H,10H2,1-3H3,(H,21,24). The van der Waals surface area contributed by atoms with Crippen molar-refractivity contribution in [2.75, 3.05) is 11.1 Å². The Morgan fingerprint density at radius 2 is 2.23 bits per heavy atom. The molecule has 26 heavy (non-hydrogen) atoms. The molecule has 136 valence electrons. The van der Waals surface area contributed by atoms with Crippen LogP contribution in [-0.4, -0.2) is 26.4 Å². The van der Waals surface area contributed by atoms with Crippen LogP contribution >= 0.6 is 23.4 Å². The summed E-state index contributed by atoms with van der Waals surface area (Å²) < 4.78 is 7.05. The van der Waals surface area contributed by atoms with E-state index in [-0.39, 0.29) is 17.6 Å². The summed E-state index contributed by atoms with van der Waals surface area (Å²) in [6, 6.07) is 7.45. The summed E-state index contributed by atoms with van der Waals surface area (Å²) in [5, 5.41) is 8.04. The molecule has 0 fully saturated rings. The molecule has 0 aliphatic rings. The summed E-state index contributed by atoms with van der Waals surface area (Å²) in [5.74, 6) is 0.619. The molecular weight excluding hydrogens is 372 g/mol. The van der Waals surface area contributed by atoms with E-state index in [1.165, 1.54) is 11.8 Å². The van der Waals surface area contributed by atoms with Crippen molar-refractivity contribution >= 4 is 35.2 Å². The molecule has 6 nitrogen and oxygen atoms in total. The van der Waals surface area contributed by atoms with E-state index in [1.54, 1.807) is 12.3 Å². The zero-order valence-electron chi connectivity index (χ0n) is 14.7. The number of benzene rings is 1. The van der Waals surface area contributed by atoms with Crippen molar-refractivity contribution in [1.82, 2.24) is 14.7 Å². The number of halogens is 1. The van der Waals surface area contributed by atoms with Crippen molar-refractivity contribution in [1.29, 1.82) is 0 Å². The quantitative estimate of drug-likeness (QED) is 0.619. The average Bonchev–Trinajstić information content (AvgIpc) is 3.25. The molecule has 0 unspecified atom stereocenters. The molecule has 1 N–H and O–H groups in total. The molecule has 0 aliphatic carbocycles. The van der Waals surface area contributed by atoms with Crippen molar-refractivity contribution in [2.24, 2.45) is 0 Å². The van der Waals surface area contributed by atoms with Crippen LogP contribution in [0.1, 0.15) is 31.0 Å². The van der Waals surface area contributed by atoms with Gasteiger partial charge in [-0.25, -0.2) is 4.98 Å². The van der Waals surface area contributed by atoms with Crippen molar-refractivity contribution in [3.8, 4) is 5.69 Å². The zero-order chi connectivity index (χ0) is 18.7. The summed E-state index contributed by atoms with van der Waals surface area (Å²) in [6.45, 7) is 5.98. The van der Waals surface area contributed by atoms with E-state index in [0.29, 0.717) is 16.1 Å². The van der Waals surface area contributed by atoms with Gasteiger partial charge in [0, 0.05) is 23.5 Å². The molecule has 3 rings (SSSR count). The summed E-state index contributed by atoms with van der Waals surface area (Å²) in [7, 11) is 0. The molecule has 1 aromatic carbocycles. The molecule has 1 amide bonds. The second kappa shape index (κ2) is 7.97. The van der Waals surface area contributed by atoms with E-state index >= 15 is 0 Å². The summed E-state index contributed by atoms with van der Waals surface area (Å²) in [5.41, 5.74) is 2.70. The third-order valence-corrected chi connectivity index (χ3v) is 5.20. The van der Waals surface area contributed by atoms with Crippen LogP contribution in [-0.2, 0) is 4.79 Å². The van der Waals surface area contributed by atoms with Gasteiger partial charge < -0.3 is 4.52 Å². The molecule has 0 atom stereocenters. The average molecular weight is 391 g/mol. The van der Waals surface area contributed by atoms with Gasteiger partial charge in [0.2, 0.25) is 11.8 Å². The van der Waals surface area contributed by atoms with Crippen LogP contribution in [0.2, 0.25) is 5.02 Å². The minimum Gasteiger partial charge on any atom is -0.338 e. The summed E-state index contributed by atoms with van der Waals surface area (Å²) in [4.78, 5) is 16.5. The van der Waals surface area contributed by atoms with Gasteiger partial charge >= 0.3 is 0 Å². The number of hydrogen-bond acceptors (Lipinski definition) is 5. The first kappa shape index (κ1) is 18.5. The minimum absolute atomic E-state index is 0.182. The van der Waals surface area contributed by atoms with Crippen LogP contribution in [0.5, 0.6) is 0 Å². The third-order valence-electron chi connectivity index (χ3n) is 3.82. The molecule has 0 saturated heterocycles. The first-order valence-electron chi connectivity index (χ1n) is 8.14. The van der Waals surface area contributed by atoms with Gasteiger partial charge in [-0.2, -0.15) is 0 Å².